The average Bonchev–Trinajstić information content (AvgIpc) is 3.16. The Bertz CT molecular complexity index is 898. The molecular weight excluding hydrogens is 382 g/mol. The lowest BCUT2D eigenvalue weighted by atomic mass is 10.1. The van der Waals surface area contributed by atoms with Crippen LogP contribution in [0.1, 0.15) is 31.1 Å². The van der Waals surface area contributed by atoms with Gasteiger partial charge in [0.2, 0.25) is 0 Å². The zero-order valence-corrected chi connectivity index (χ0v) is 17.7. The zero-order chi connectivity index (χ0) is 21.3. The van der Waals surface area contributed by atoms with Crippen molar-refractivity contribution in [1.82, 2.24) is 15.0 Å². The van der Waals surface area contributed by atoms with Gasteiger partial charge in [-0.3, -0.25) is 4.90 Å². The summed E-state index contributed by atoms with van der Waals surface area (Å²) in [5.41, 5.74) is 1.22. The maximum atomic E-state index is 10.6. The van der Waals surface area contributed by atoms with E-state index in [1.807, 2.05) is 36.4 Å². The summed E-state index contributed by atoms with van der Waals surface area (Å²) in [7, 11) is 0. The van der Waals surface area contributed by atoms with Crippen LogP contribution in [0.5, 0.6) is 11.5 Å². The van der Waals surface area contributed by atoms with Gasteiger partial charge in [0.1, 0.15) is 12.7 Å². The molecule has 3 aromatic rings. The minimum absolute atomic E-state index is 0.155. The molecule has 0 radical (unpaired) electrons. The molecule has 160 valence electrons. The number of aliphatic hydroxyl groups excluding tert-OH is 1. The SMILES string of the molecule is Cc1noc(COc2ccccc2OC[C@@H](O)CN(Cc2ccccc2)C(C)C)n1. The van der Waals surface area contributed by atoms with Crippen LogP contribution < -0.4 is 9.47 Å². The van der Waals surface area contributed by atoms with E-state index in [1.165, 1.54) is 5.56 Å². The second kappa shape index (κ2) is 10.8. The monoisotopic (exact) mass is 411 g/mol. The summed E-state index contributed by atoms with van der Waals surface area (Å²) >= 11 is 0. The van der Waals surface area contributed by atoms with Crippen molar-refractivity contribution < 1.29 is 19.1 Å². The van der Waals surface area contributed by atoms with Gasteiger partial charge < -0.3 is 19.1 Å². The zero-order valence-electron chi connectivity index (χ0n) is 17.7. The lowest BCUT2D eigenvalue weighted by Crippen LogP contribution is -2.39. The summed E-state index contributed by atoms with van der Waals surface area (Å²) in [4.78, 5) is 6.35. The first-order valence-electron chi connectivity index (χ1n) is 10.1. The van der Waals surface area contributed by atoms with Crippen LogP contribution in [0.2, 0.25) is 0 Å². The molecule has 7 nitrogen and oxygen atoms in total. The third-order valence-electron chi connectivity index (χ3n) is 4.61. The second-order valence-electron chi connectivity index (χ2n) is 7.44. The first-order valence-corrected chi connectivity index (χ1v) is 10.1. The summed E-state index contributed by atoms with van der Waals surface area (Å²) in [5.74, 6) is 2.08. The van der Waals surface area contributed by atoms with Gasteiger partial charge in [0, 0.05) is 19.1 Å². The van der Waals surface area contributed by atoms with Crippen molar-refractivity contribution in [3.05, 3.63) is 71.9 Å². The van der Waals surface area contributed by atoms with E-state index in [1.54, 1.807) is 13.0 Å². The molecular formula is C23H29N3O4. The summed E-state index contributed by atoms with van der Waals surface area (Å²) in [6, 6.07) is 17.9. The number of aliphatic hydroxyl groups is 1. The fourth-order valence-corrected chi connectivity index (χ4v) is 3.01. The fourth-order valence-electron chi connectivity index (χ4n) is 3.01. The Hall–Kier alpha value is -2.90. The molecule has 1 aromatic heterocycles. The number of benzene rings is 2. The number of nitrogens with zero attached hydrogens (tertiary/aromatic N) is 3. The van der Waals surface area contributed by atoms with Crippen molar-refractivity contribution in [1.29, 1.82) is 0 Å². The molecule has 0 spiro atoms. The van der Waals surface area contributed by atoms with E-state index in [9.17, 15) is 5.11 Å². The molecule has 1 N–H and O–H groups in total. The molecule has 30 heavy (non-hydrogen) atoms. The highest BCUT2D eigenvalue weighted by molar-refractivity contribution is 5.39. The Morgan fingerprint density at radius 3 is 2.30 bits per heavy atom. The first-order chi connectivity index (χ1) is 14.5. The Kier molecular flexibility index (Phi) is 7.82. The average molecular weight is 412 g/mol. The normalized spacial score (nSPS) is 12.3. The number of hydrogen-bond acceptors (Lipinski definition) is 7. The first kappa shape index (κ1) is 21.8. The molecule has 0 bridgehead atoms. The van der Waals surface area contributed by atoms with Crippen LogP contribution in [0.4, 0.5) is 0 Å². The Labute approximate surface area is 177 Å². The van der Waals surface area contributed by atoms with Gasteiger partial charge in [-0.25, -0.2) is 0 Å². The summed E-state index contributed by atoms with van der Waals surface area (Å²) in [5, 5.41) is 14.3. The molecule has 0 aliphatic heterocycles. The van der Waals surface area contributed by atoms with E-state index in [2.05, 4.69) is 41.0 Å². The maximum absolute atomic E-state index is 10.6. The molecule has 0 saturated heterocycles. The minimum atomic E-state index is -0.636. The molecule has 1 atom stereocenters. The molecule has 7 heteroatoms. The molecule has 2 aromatic carbocycles. The number of aryl methyl sites for hydroxylation is 1. The highest BCUT2D eigenvalue weighted by Gasteiger charge is 2.17. The maximum Gasteiger partial charge on any atom is 0.264 e. The van der Waals surface area contributed by atoms with Gasteiger partial charge in [-0.15, -0.1) is 0 Å². The predicted molar refractivity (Wildman–Crippen MR) is 113 cm³/mol. The van der Waals surface area contributed by atoms with Crippen molar-refractivity contribution in [2.24, 2.45) is 0 Å². The van der Waals surface area contributed by atoms with Crippen LogP contribution in [0.15, 0.2) is 59.1 Å². The van der Waals surface area contributed by atoms with E-state index in [-0.39, 0.29) is 13.2 Å². The Balaban J connectivity index is 1.53. The molecule has 1 heterocycles. The van der Waals surface area contributed by atoms with Crippen LogP contribution in [-0.4, -0.2) is 45.4 Å². The van der Waals surface area contributed by atoms with Crippen molar-refractivity contribution >= 4 is 0 Å². The van der Waals surface area contributed by atoms with E-state index < -0.39 is 6.10 Å². The fraction of sp³-hybridized carbons (Fsp3) is 0.391. The van der Waals surface area contributed by atoms with E-state index >= 15 is 0 Å². The van der Waals surface area contributed by atoms with Gasteiger partial charge in [0.15, 0.2) is 23.9 Å². The van der Waals surface area contributed by atoms with Crippen LogP contribution in [0.25, 0.3) is 0 Å². The largest absolute Gasteiger partial charge is 0.487 e. The van der Waals surface area contributed by atoms with E-state index in [4.69, 9.17) is 14.0 Å². The van der Waals surface area contributed by atoms with Gasteiger partial charge >= 0.3 is 0 Å². The Morgan fingerprint density at radius 1 is 1.00 bits per heavy atom. The van der Waals surface area contributed by atoms with Crippen LogP contribution in [-0.2, 0) is 13.2 Å². The summed E-state index contributed by atoms with van der Waals surface area (Å²) in [6.45, 7) is 7.61. The highest BCUT2D eigenvalue weighted by atomic mass is 16.5. The summed E-state index contributed by atoms with van der Waals surface area (Å²) in [6.07, 6.45) is -0.636. The predicted octanol–water partition coefficient (Wildman–Crippen LogP) is 3.61. The third-order valence-corrected chi connectivity index (χ3v) is 4.61. The van der Waals surface area contributed by atoms with Crippen LogP contribution in [0.3, 0.4) is 0 Å². The smallest absolute Gasteiger partial charge is 0.264 e. The Morgan fingerprint density at radius 2 is 1.67 bits per heavy atom. The summed E-state index contributed by atoms with van der Waals surface area (Å²) < 4.78 is 16.7. The third kappa shape index (κ3) is 6.57. The lowest BCUT2D eigenvalue weighted by Gasteiger charge is -2.29. The van der Waals surface area contributed by atoms with Crippen LogP contribution >= 0.6 is 0 Å². The number of hydrogen-bond donors (Lipinski definition) is 1. The van der Waals surface area contributed by atoms with Crippen molar-refractivity contribution in [2.75, 3.05) is 13.2 Å². The molecule has 3 rings (SSSR count). The number of rotatable bonds is 11. The van der Waals surface area contributed by atoms with Crippen molar-refractivity contribution in [3.8, 4) is 11.5 Å². The number of para-hydroxylation sites is 2. The lowest BCUT2D eigenvalue weighted by molar-refractivity contribution is 0.0530. The van der Waals surface area contributed by atoms with E-state index in [0.29, 0.717) is 35.8 Å². The topological polar surface area (TPSA) is 80.9 Å². The number of ether oxygens (including phenoxy) is 2. The molecule has 0 unspecified atom stereocenters. The van der Waals surface area contributed by atoms with Gasteiger partial charge in [-0.1, -0.05) is 47.6 Å². The van der Waals surface area contributed by atoms with Crippen LogP contribution in [0, 0.1) is 6.92 Å². The van der Waals surface area contributed by atoms with Gasteiger partial charge in [0.25, 0.3) is 5.89 Å². The van der Waals surface area contributed by atoms with Crippen molar-refractivity contribution in [3.63, 3.8) is 0 Å². The molecule has 0 aliphatic rings. The quantitative estimate of drug-likeness (QED) is 0.516. The van der Waals surface area contributed by atoms with Gasteiger partial charge in [0.05, 0.1) is 0 Å². The minimum Gasteiger partial charge on any atom is -0.487 e. The van der Waals surface area contributed by atoms with Gasteiger partial charge in [-0.05, 0) is 38.5 Å². The van der Waals surface area contributed by atoms with E-state index in [0.717, 1.165) is 6.54 Å². The molecule has 0 saturated carbocycles. The molecule has 0 fully saturated rings. The number of aromatic nitrogens is 2. The highest BCUT2D eigenvalue weighted by Crippen LogP contribution is 2.27. The molecule has 0 aliphatic carbocycles. The second-order valence-corrected chi connectivity index (χ2v) is 7.44. The van der Waals surface area contributed by atoms with Crippen molar-refractivity contribution in [2.45, 2.75) is 46.1 Å². The van der Waals surface area contributed by atoms with Gasteiger partial charge in [-0.2, -0.15) is 4.98 Å². The standard InChI is InChI=1S/C23H29N3O4/c1-17(2)26(13-19-9-5-4-6-10-19)14-20(27)15-28-21-11-7-8-12-22(21)29-16-23-24-18(3)25-30-23/h4-12,17,20,27H,13-16H2,1-3H3/t20-/m0/s1. The molecule has 0 amide bonds.